The predicted octanol–water partition coefficient (Wildman–Crippen LogP) is 0.741. The van der Waals surface area contributed by atoms with Crippen LogP contribution >= 0.6 is 11.3 Å². The highest BCUT2D eigenvalue weighted by molar-refractivity contribution is 7.17. The lowest BCUT2D eigenvalue weighted by molar-refractivity contribution is -0.122. The van der Waals surface area contributed by atoms with Crippen molar-refractivity contribution in [2.24, 2.45) is 0 Å². The minimum atomic E-state index is -0.306. The molecule has 3 N–H and O–H groups in total. The molecule has 2 aromatic rings. The summed E-state index contributed by atoms with van der Waals surface area (Å²) in [6, 6.07) is 1.87. The maximum absolute atomic E-state index is 11.8. The number of carbonyl (C=O) groups is 1. The quantitative estimate of drug-likeness (QED) is 0.758. The Bertz CT molecular complexity index is 689. The van der Waals surface area contributed by atoms with E-state index < -0.39 is 0 Å². The van der Waals surface area contributed by atoms with Gasteiger partial charge in [0.15, 0.2) is 0 Å². The van der Waals surface area contributed by atoms with Gasteiger partial charge in [-0.05, 0) is 31.2 Å². The summed E-state index contributed by atoms with van der Waals surface area (Å²) in [7, 11) is 0. The number of aromatic amines is 1. The van der Waals surface area contributed by atoms with Crippen molar-refractivity contribution in [3.63, 3.8) is 0 Å². The molecule has 1 fully saturated rings. The summed E-state index contributed by atoms with van der Waals surface area (Å²) in [6.45, 7) is 2.17. The molecule has 0 radical (unpaired) electrons. The standard InChI is InChI=1S/C13H16N4O2S/c1-7(12(18)15-8-2-3-8)14-6-10-16-9-4-5-20-11(9)13(19)17-10/h4-5,7-8,14H,2-3,6H2,1H3,(H,15,18)(H,16,17,19). The zero-order valence-corrected chi connectivity index (χ0v) is 11.9. The second-order valence-corrected chi connectivity index (χ2v) is 5.95. The Balaban J connectivity index is 1.63. The summed E-state index contributed by atoms with van der Waals surface area (Å²) in [5.41, 5.74) is 0.572. The van der Waals surface area contributed by atoms with Gasteiger partial charge >= 0.3 is 0 Å². The fourth-order valence-electron chi connectivity index (χ4n) is 1.90. The van der Waals surface area contributed by atoms with Gasteiger partial charge in [0.05, 0.1) is 18.1 Å². The van der Waals surface area contributed by atoms with Gasteiger partial charge in [0.25, 0.3) is 5.56 Å². The number of hydrogen-bond acceptors (Lipinski definition) is 5. The van der Waals surface area contributed by atoms with Crippen LogP contribution in [0.3, 0.4) is 0 Å². The predicted molar refractivity (Wildman–Crippen MR) is 77.7 cm³/mol. The first-order chi connectivity index (χ1) is 9.63. The number of hydrogen-bond donors (Lipinski definition) is 3. The lowest BCUT2D eigenvalue weighted by Crippen LogP contribution is -2.43. The largest absolute Gasteiger partial charge is 0.352 e. The van der Waals surface area contributed by atoms with E-state index in [1.165, 1.54) is 11.3 Å². The zero-order chi connectivity index (χ0) is 14.1. The van der Waals surface area contributed by atoms with Gasteiger partial charge in [0, 0.05) is 6.04 Å². The zero-order valence-electron chi connectivity index (χ0n) is 11.1. The number of thiophene rings is 1. The first-order valence-corrected chi connectivity index (χ1v) is 7.51. The average Bonchev–Trinajstić information content (AvgIpc) is 3.10. The molecule has 1 amide bonds. The van der Waals surface area contributed by atoms with E-state index in [4.69, 9.17) is 0 Å². The van der Waals surface area contributed by atoms with Crippen LogP contribution in [0.2, 0.25) is 0 Å². The topological polar surface area (TPSA) is 86.9 Å². The van der Waals surface area contributed by atoms with E-state index in [0.717, 1.165) is 12.8 Å². The first-order valence-electron chi connectivity index (χ1n) is 6.63. The SMILES string of the molecule is CC(NCc1nc2ccsc2c(=O)[nH]1)C(=O)NC1CC1. The molecule has 3 rings (SSSR count). The van der Waals surface area contributed by atoms with E-state index in [9.17, 15) is 9.59 Å². The third-order valence-electron chi connectivity index (χ3n) is 3.26. The normalized spacial score (nSPS) is 16.2. The van der Waals surface area contributed by atoms with Crippen molar-refractivity contribution in [2.45, 2.75) is 38.4 Å². The van der Waals surface area contributed by atoms with Crippen LogP contribution in [0, 0.1) is 0 Å². The number of carbonyl (C=O) groups excluding carboxylic acids is 1. The van der Waals surface area contributed by atoms with Crippen molar-refractivity contribution in [3.8, 4) is 0 Å². The molecule has 1 atom stereocenters. The summed E-state index contributed by atoms with van der Waals surface area (Å²) in [5, 5.41) is 7.85. The van der Waals surface area contributed by atoms with Gasteiger partial charge in [-0.1, -0.05) is 0 Å². The van der Waals surface area contributed by atoms with E-state index in [0.29, 0.717) is 28.6 Å². The Labute approximate surface area is 119 Å². The second-order valence-electron chi connectivity index (χ2n) is 5.03. The minimum Gasteiger partial charge on any atom is -0.352 e. The Morgan fingerprint density at radius 2 is 2.40 bits per heavy atom. The molecule has 1 aliphatic rings. The Hall–Kier alpha value is -1.73. The summed E-state index contributed by atoms with van der Waals surface area (Å²) in [4.78, 5) is 30.7. The van der Waals surface area contributed by atoms with Crippen molar-refractivity contribution in [3.05, 3.63) is 27.6 Å². The van der Waals surface area contributed by atoms with Gasteiger partial charge < -0.3 is 10.3 Å². The molecular weight excluding hydrogens is 276 g/mol. The highest BCUT2D eigenvalue weighted by Gasteiger charge is 2.25. The van der Waals surface area contributed by atoms with Crippen LogP contribution in [0.4, 0.5) is 0 Å². The molecule has 1 unspecified atom stereocenters. The number of H-pyrrole nitrogens is 1. The van der Waals surface area contributed by atoms with Crippen molar-refractivity contribution >= 4 is 27.5 Å². The summed E-state index contributed by atoms with van der Waals surface area (Å²) in [6.07, 6.45) is 2.14. The summed E-state index contributed by atoms with van der Waals surface area (Å²) >= 11 is 1.37. The van der Waals surface area contributed by atoms with Gasteiger partial charge in [-0.2, -0.15) is 0 Å². The lowest BCUT2D eigenvalue weighted by atomic mass is 10.3. The molecule has 7 heteroatoms. The number of nitrogens with zero attached hydrogens (tertiary/aromatic N) is 1. The molecule has 2 heterocycles. The number of rotatable bonds is 5. The molecule has 2 aromatic heterocycles. The third-order valence-corrected chi connectivity index (χ3v) is 4.16. The molecule has 0 spiro atoms. The van der Waals surface area contributed by atoms with Crippen molar-refractivity contribution in [2.75, 3.05) is 0 Å². The second kappa shape index (κ2) is 5.34. The molecule has 1 aliphatic carbocycles. The molecular formula is C13H16N4O2S. The van der Waals surface area contributed by atoms with Crippen molar-refractivity contribution < 1.29 is 4.79 Å². The highest BCUT2D eigenvalue weighted by Crippen LogP contribution is 2.18. The third kappa shape index (κ3) is 2.88. The number of fused-ring (bicyclic) bond motifs is 1. The molecule has 0 bridgehead atoms. The van der Waals surface area contributed by atoms with Crippen LogP contribution in [0.15, 0.2) is 16.2 Å². The molecule has 1 saturated carbocycles. The van der Waals surface area contributed by atoms with Crippen LogP contribution < -0.4 is 16.2 Å². The first kappa shape index (κ1) is 13.3. The van der Waals surface area contributed by atoms with E-state index in [2.05, 4.69) is 20.6 Å². The van der Waals surface area contributed by atoms with Crippen LogP contribution in [0.5, 0.6) is 0 Å². The lowest BCUT2D eigenvalue weighted by Gasteiger charge is -2.13. The maximum atomic E-state index is 11.8. The van der Waals surface area contributed by atoms with E-state index >= 15 is 0 Å². The van der Waals surface area contributed by atoms with Gasteiger partial charge in [-0.3, -0.25) is 14.9 Å². The minimum absolute atomic E-state index is 0.00791. The van der Waals surface area contributed by atoms with Crippen molar-refractivity contribution in [1.29, 1.82) is 0 Å². The fraction of sp³-hybridized carbons (Fsp3) is 0.462. The number of aromatic nitrogens is 2. The summed E-state index contributed by atoms with van der Waals surface area (Å²) < 4.78 is 0.633. The molecule has 106 valence electrons. The number of nitrogens with one attached hydrogen (secondary N) is 3. The van der Waals surface area contributed by atoms with E-state index in [1.54, 1.807) is 6.92 Å². The van der Waals surface area contributed by atoms with E-state index in [-0.39, 0.29) is 17.5 Å². The Kier molecular flexibility index (Phi) is 3.54. The van der Waals surface area contributed by atoms with Gasteiger partial charge in [-0.25, -0.2) is 4.98 Å². The van der Waals surface area contributed by atoms with Crippen LogP contribution in [0.1, 0.15) is 25.6 Å². The fourth-order valence-corrected chi connectivity index (χ4v) is 2.63. The van der Waals surface area contributed by atoms with Crippen LogP contribution in [-0.2, 0) is 11.3 Å². The molecule has 0 aliphatic heterocycles. The highest BCUT2D eigenvalue weighted by atomic mass is 32.1. The van der Waals surface area contributed by atoms with Crippen LogP contribution in [0.25, 0.3) is 10.2 Å². The molecule has 20 heavy (non-hydrogen) atoms. The molecule has 6 nitrogen and oxygen atoms in total. The van der Waals surface area contributed by atoms with Gasteiger partial charge in [0.1, 0.15) is 10.5 Å². The maximum Gasteiger partial charge on any atom is 0.268 e. The van der Waals surface area contributed by atoms with Crippen LogP contribution in [-0.4, -0.2) is 28.0 Å². The number of amides is 1. The Morgan fingerprint density at radius 3 is 3.15 bits per heavy atom. The van der Waals surface area contributed by atoms with Gasteiger partial charge in [-0.15, -0.1) is 11.3 Å². The molecule has 0 saturated heterocycles. The summed E-state index contributed by atoms with van der Waals surface area (Å²) in [5.74, 6) is 0.540. The van der Waals surface area contributed by atoms with Gasteiger partial charge in [0.2, 0.25) is 5.91 Å². The van der Waals surface area contributed by atoms with E-state index in [1.807, 2.05) is 11.4 Å². The average molecular weight is 292 g/mol. The van der Waals surface area contributed by atoms with Crippen molar-refractivity contribution in [1.82, 2.24) is 20.6 Å². The monoisotopic (exact) mass is 292 g/mol. The molecule has 0 aromatic carbocycles. The smallest absolute Gasteiger partial charge is 0.268 e. The Morgan fingerprint density at radius 1 is 1.60 bits per heavy atom.